The Bertz CT molecular complexity index is 1200. The Morgan fingerprint density at radius 1 is 0.756 bits per heavy atom. The van der Waals surface area contributed by atoms with Crippen molar-refractivity contribution >= 4 is 58.5 Å². The number of carbonyl (C=O) groups excluding carboxylic acids is 2. The molecule has 1 atom stereocenters. The highest BCUT2D eigenvalue weighted by atomic mass is 28.4. The van der Waals surface area contributed by atoms with E-state index >= 15 is 0 Å². The van der Waals surface area contributed by atoms with Gasteiger partial charge in [0, 0.05) is 17.9 Å². The highest BCUT2D eigenvalue weighted by Gasteiger charge is 2.18. The van der Waals surface area contributed by atoms with E-state index in [4.69, 9.17) is 13.6 Å². The molecular weight excluding hydrogens is 557 g/mol. The number of aromatic nitrogens is 3. The lowest BCUT2D eigenvalue weighted by molar-refractivity contribution is 0.0517. The number of anilines is 5. The molecule has 0 amide bonds. The third-order valence-electron chi connectivity index (χ3n) is 5.57. The average Bonchev–Trinajstić information content (AvgIpc) is 2.91. The Balaban J connectivity index is 1.74. The van der Waals surface area contributed by atoms with E-state index in [-0.39, 0.29) is 11.9 Å². The Kier molecular flexibility index (Phi) is 11.8. The predicted molar refractivity (Wildman–Crippen MR) is 167 cm³/mol. The van der Waals surface area contributed by atoms with Gasteiger partial charge in [-0.1, -0.05) is 0 Å². The van der Waals surface area contributed by atoms with Crippen molar-refractivity contribution in [2.75, 3.05) is 35.7 Å². The number of esters is 2. The van der Waals surface area contributed by atoms with Gasteiger partial charge in [-0.2, -0.15) is 15.0 Å². The van der Waals surface area contributed by atoms with Crippen LogP contribution >= 0.6 is 0 Å². The molecule has 0 spiro atoms. The van der Waals surface area contributed by atoms with Gasteiger partial charge in [-0.25, -0.2) is 9.59 Å². The Morgan fingerprint density at radius 3 is 1.61 bits per heavy atom. The van der Waals surface area contributed by atoms with Crippen LogP contribution in [0.15, 0.2) is 48.5 Å². The van der Waals surface area contributed by atoms with Crippen molar-refractivity contribution in [1.29, 1.82) is 0 Å². The second kappa shape index (κ2) is 15.3. The molecule has 0 aliphatic carbocycles. The molecular formula is C28H40N6O5Si2. The second-order valence-corrected chi connectivity index (χ2v) is 17.6. The smallest absolute Gasteiger partial charge is 0.338 e. The van der Waals surface area contributed by atoms with E-state index in [0.717, 1.165) is 12.5 Å². The molecule has 0 saturated carbocycles. The Morgan fingerprint density at radius 2 is 1.20 bits per heavy atom. The second-order valence-electron chi connectivity index (χ2n) is 10.3. The molecule has 1 unspecified atom stereocenters. The van der Waals surface area contributed by atoms with E-state index < -0.39 is 17.4 Å². The minimum absolute atomic E-state index is 0.313. The zero-order valence-corrected chi connectivity index (χ0v) is 26.8. The normalized spacial score (nSPS) is 11.9. The van der Waals surface area contributed by atoms with Crippen LogP contribution in [-0.2, 0) is 13.6 Å². The number of benzene rings is 2. The molecule has 11 nitrogen and oxygen atoms in total. The summed E-state index contributed by atoms with van der Waals surface area (Å²) in [7, 11) is -2.74. The molecule has 0 aliphatic rings. The monoisotopic (exact) mass is 596 g/mol. The van der Waals surface area contributed by atoms with Gasteiger partial charge in [0.1, 0.15) is 0 Å². The first kappa shape index (κ1) is 31.7. The summed E-state index contributed by atoms with van der Waals surface area (Å²) in [5, 5.41) is 9.66. The summed E-state index contributed by atoms with van der Waals surface area (Å²) in [4.78, 5) is 37.6. The van der Waals surface area contributed by atoms with Crippen molar-refractivity contribution in [2.45, 2.75) is 52.5 Å². The van der Waals surface area contributed by atoms with Gasteiger partial charge in [-0.3, -0.25) is 0 Å². The lowest BCUT2D eigenvalue weighted by atomic mass is 10.2. The van der Waals surface area contributed by atoms with Crippen molar-refractivity contribution in [3.8, 4) is 0 Å². The van der Waals surface area contributed by atoms with E-state index in [1.165, 1.54) is 0 Å². The molecule has 2 aromatic carbocycles. The van der Waals surface area contributed by atoms with Gasteiger partial charge in [0.25, 0.3) is 0 Å². The summed E-state index contributed by atoms with van der Waals surface area (Å²) in [6.45, 7) is 13.8. The third-order valence-corrected chi connectivity index (χ3v) is 11.2. The van der Waals surface area contributed by atoms with Crippen LogP contribution in [0.4, 0.5) is 29.2 Å². The fourth-order valence-corrected chi connectivity index (χ4v) is 9.96. The summed E-state index contributed by atoms with van der Waals surface area (Å²) in [6, 6.07) is 14.8. The summed E-state index contributed by atoms with van der Waals surface area (Å²) in [6.07, 6.45) is 0.944. The molecule has 220 valence electrons. The number of nitrogens with zero attached hydrogens (tertiary/aromatic N) is 3. The zero-order valence-electron chi connectivity index (χ0n) is 24.6. The van der Waals surface area contributed by atoms with E-state index in [1.807, 2.05) is 0 Å². The van der Waals surface area contributed by atoms with Crippen molar-refractivity contribution in [1.82, 2.24) is 15.0 Å². The topological polar surface area (TPSA) is 137 Å². The number of hydrogen-bond donors (Lipinski definition) is 3. The van der Waals surface area contributed by atoms with E-state index in [9.17, 15) is 9.59 Å². The highest BCUT2D eigenvalue weighted by molar-refractivity contribution is 6.77. The molecule has 3 rings (SSSR count). The van der Waals surface area contributed by atoms with Crippen LogP contribution in [0.25, 0.3) is 0 Å². The van der Waals surface area contributed by atoms with Gasteiger partial charge in [0.15, 0.2) is 17.4 Å². The zero-order chi connectivity index (χ0) is 29.8. The molecule has 3 N–H and O–H groups in total. The van der Waals surface area contributed by atoms with Crippen LogP contribution in [0.5, 0.6) is 0 Å². The summed E-state index contributed by atoms with van der Waals surface area (Å²) in [5.74, 6) is 0.304. The molecule has 13 heteroatoms. The van der Waals surface area contributed by atoms with Crippen LogP contribution in [0, 0.1) is 0 Å². The van der Waals surface area contributed by atoms with Gasteiger partial charge in [0.05, 0.1) is 24.3 Å². The van der Waals surface area contributed by atoms with Crippen molar-refractivity contribution < 1.29 is 23.2 Å². The number of carbonyl (C=O) groups is 2. The first-order valence-electron chi connectivity index (χ1n) is 13.8. The minimum atomic E-state index is -1.52. The van der Waals surface area contributed by atoms with Gasteiger partial charge in [-0.05, 0) is 101 Å². The maximum absolute atomic E-state index is 12.0. The SMILES string of the molecule is CCOC(=O)c1ccc(Nc2nc(NCCC[SiH](C)O[Si](C)(C)C)nc(Nc3ccc(C(=O)OCC)cc3)n2)cc1. The lowest BCUT2D eigenvalue weighted by Crippen LogP contribution is -2.33. The van der Waals surface area contributed by atoms with E-state index in [0.29, 0.717) is 60.1 Å². The molecule has 1 aromatic heterocycles. The molecule has 0 saturated heterocycles. The quantitative estimate of drug-likeness (QED) is 0.113. The Hall–Kier alpha value is -3.82. The van der Waals surface area contributed by atoms with Gasteiger partial charge in [-0.15, -0.1) is 0 Å². The van der Waals surface area contributed by atoms with Crippen molar-refractivity contribution in [3.05, 3.63) is 59.7 Å². The van der Waals surface area contributed by atoms with Gasteiger partial charge >= 0.3 is 11.9 Å². The minimum Gasteiger partial charge on any atom is -0.462 e. The number of nitrogens with one attached hydrogen (secondary N) is 3. The van der Waals surface area contributed by atoms with E-state index in [2.05, 4.69) is 57.1 Å². The number of rotatable bonds is 15. The van der Waals surface area contributed by atoms with Crippen LogP contribution < -0.4 is 16.0 Å². The van der Waals surface area contributed by atoms with Crippen molar-refractivity contribution in [2.24, 2.45) is 0 Å². The fraction of sp³-hybridized carbons (Fsp3) is 0.393. The number of hydrogen-bond acceptors (Lipinski definition) is 11. The largest absolute Gasteiger partial charge is 0.462 e. The summed E-state index contributed by atoms with van der Waals surface area (Å²) < 4.78 is 16.4. The van der Waals surface area contributed by atoms with Gasteiger partial charge < -0.3 is 29.5 Å². The van der Waals surface area contributed by atoms with Crippen molar-refractivity contribution in [3.63, 3.8) is 0 Å². The van der Waals surface area contributed by atoms with Crippen LogP contribution in [0.2, 0.25) is 32.2 Å². The molecule has 0 radical (unpaired) electrons. The molecule has 0 aliphatic heterocycles. The fourth-order valence-electron chi connectivity index (χ4n) is 3.89. The molecule has 41 heavy (non-hydrogen) atoms. The number of ether oxygens (including phenoxy) is 2. The van der Waals surface area contributed by atoms with Crippen LogP contribution in [0.1, 0.15) is 41.0 Å². The Labute approximate surface area is 244 Å². The first-order valence-corrected chi connectivity index (χ1v) is 19.7. The predicted octanol–water partition coefficient (Wildman–Crippen LogP) is 5.72. The first-order chi connectivity index (χ1) is 19.6. The molecule has 0 bridgehead atoms. The molecule has 3 aromatic rings. The summed E-state index contributed by atoms with van der Waals surface area (Å²) in [5.41, 5.74) is 2.31. The maximum Gasteiger partial charge on any atom is 0.338 e. The molecule has 1 heterocycles. The van der Waals surface area contributed by atoms with Crippen LogP contribution in [0.3, 0.4) is 0 Å². The lowest BCUT2D eigenvalue weighted by Gasteiger charge is -2.23. The molecule has 0 fully saturated rings. The third kappa shape index (κ3) is 10.9. The van der Waals surface area contributed by atoms with E-state index in [1.54, 1.807) is 62.4 Å². The standard InChI is InChI=1S/C28H40N6O5Si2/c1-7-37-24(35)20-10-14-22(15-11-20)30-27-32-26(29-18-9-19-40(3)39-41(4,5)6)33-28(34-27)31-23-16-12-21(13-17-23)25(36)38-8-2/h10-17,40H,7-9,18-19H2,1-6H3,(H3,29,30,31,32,33,34). The average molecular weight is 597 g/mol. The highest BCUT2D eigenvalue weighted by Crippen LogP contribution is 2.20. The summed E-state index contributed by atoms with van der Waals surface area (Å²) >= 11 is 0. The van der Waals surface area contributed by atoms with Gasteiger partial charge in [0.2, 0.25) is 17.8 Å². The van der Waals surface area contributed by atoms with Crippen LogP contribution in [-0.4, -0.2) is 64.0 Å². The maximum atomic E-state index is 12.0.